The zero-order valence-corrected chi connectivity index (χ0v) is 15.4. The first kappa shape index (κ1) is 18.7. The fourth-order valence-electron chi connectivity index (χ4n) is 2.78. The molecule has 0 radical (unpaired) electrons. The van der Waals surface area contributed by atoms with Crippen molar-refractivity contribution in [2.75, 3.05) is 19.3 Å². The Kier molecular flexibility index (Phi) is 6.18. The van der Waals surface area contributed by atoms with E-state index in [9.17, 15) is 13.2 Å². The molecule has 2 rings (SSSR count). The molecule has 132 valence electrons. The van der Waals surface area contributed by atoms with Crippen LogP contribution in [-0.4, -0.2) is 44.0 Å². The van der Waals surface area contributed by atoms with Gasteiger partial charge in [0, 0.05) is 19.1 Å². The van der Waals surface area contributed by atoms with Gasteiger partial charge in [0.1, 0.15) is 0 Å². The van der Waals surface area contributed by atoms with Gasteiger partial charge in [-0.2, -0.15) is 4.31 Å². The average Bonchev–Trinajstić information content (AvgIpc) is 2.93. The van der Waals surface area contributed by atoms with Gasteiger partial charge in [0.2, 0.25) is 15.9 Å². The Morgan fingerprint density at radius 1 is 1.25 bits per heavy atom. The van der Waals surface area contributed by atoms with Crippen molar-refractivity contribution in [3.63, 3.8) is 0 Å². The largest absolute Gasteiger partial charge is 0.354 e. The maximum Gasteiger partial charge on any atom is 0.224 e. The second-order valence-corrected chi connectivity index (χ2v) is 8.62. The summed E-state index contributed by atoms with van der Waals surface area (Å²) < 4.78 is 24.5. The van der Waals surface area contributed by atoms with Crippen LogP contribution in [0.25, 0.3) is 0 Å². The lowest BCUT2D eigenvalue weighted by Crippen LogP contribution is -2.31. The Morgan fingerprint density at radius 3 is 2.58 bits per heavy atom. The van der Waals surface area contributed by atoms with Crippen LogP contribution in [0.15, 0.2) is 35.9 Å². The van der Waals surface area contributed by atoms with Gasteiger partial charge >= 0.3 is 0 Å². The molecule has 0 bridgehead atoms. The van der Waals surface area contributed by atoms with E-state index in [0.29, 0.717) is 19.5 Å². The van der Waals surface area contributed by atoms with Crippen LogP contribution in [0.5, 0.6) is 0 Å². The lowest BCUT2D eigenvalue weighted by Gasteiger charge is -2.13. The standard InChI is InChI=1S/C18H26N2O3S/c1-14(2)19-18(21)12-17-6-4-5-15(11-17)7-8-16-9-10-20(13-16)24(3,22)23/h4-6,9,11,14H,7-8,10,12-13H2,1-3H3,(H,19,21). The third-order valence-corrected chi connectivity index (χ3v) is 5.19. The van der Waals surface area contributed by atoms with Crippen molar-refractivity contribution in [2.45, 2.75) is 39.2 Å². The Morgan fingerprint density at radius 2 is 1.96 bits per heavy atom. The number of aryl methyl sites for hydroxylation is 1. The molecule has 1 aromatic carbocycles. The molecule has 0 atom stereocenters. The highest BCUT2D eigenvalue weighted by Crippen LogP contribution is 2.18. The van der Waals surface area contributed by atoms with E-state index in [1.165, 1.54) is 16.1 Å². The van der Waals surface area contributed by atoms with Crippen LogP contribution in [0.4, 0.5) is 0 Å². The minimum atomic E-state index is -3.11. The molecular formula is C18H26N2O3S. The molecule has 1 aromatic rings. The highest BCUT2D eigenvalue weighted by Gasteiger charge is 2.21. The number of rotatable bonds is 7. The van der Waals surface area contributed by atoms with Crippen LogP contribution >= 0.6 is 0 Å². The summed E-state index contributed by atoms with van der Waals surface area (Å²) in [4.78, 5) is 11.8. The Balaban J connectivity index is 1.88. The number of carbonyl (C=O) groups is 1. The Hall–Kier alpha value is -1.66. The van der Waals surface area contributed by atoms with Crippen molar-refractivity contribution in [2.24, 2.45) is 0 Å². The third kappa shape index (κ3) is 5.76. The first-order chi connectivity index (χ1) is 11.2. The molecule has 0 saturated heterocycles. The topological polar surface area (TPSA) is 66.5 Å². The molecule has 1 aliphatic rings. The van der Waals surface area contributed by atoms with Crippen molar-refractivity contribution in [3.8, 4) is 0 Å². The highest BCUT2D eigenvalue weighted by molar-refractivity contribution is 7.88. The zero-order valence-electron chi connectivity index (χ0n) is 14.6. The molecule has 0 spiro atoms. The SMILES string of the molecule is CC(C)NC(=O)Cc1cccc(CCC2=CCN(S(C)(=O)=O)C2)c1. The fourth-order valence-corrected chi connectivity index (χ4v) is 3.52. The van der Waals surface area contributed by atoms with Crippen molar-refractivity contribution in [1.29, 1.82) is 0 Å². The van der Waals surface area contributed by atoms with E-state index in [-0.39, 0.29) is 11.9 Å². The monoisotopic (exact) mass is 350 g/mol. The van der Waals surface area contributed by atoms with E-state index < -0.39 is 10.0 Å². The number of benzene rings is 1. The van der Waals surface area contributed by atoms with Crippen molar-refractivity contribution in [3.05, 3.63) is 47.0 Å². The third-order valence-electron chi connectivity index (χ3n) is 3.97. The highest BCUT2D eigenvalue weighted by atomic mass is 32.2. The first-order valence-electron chi connectivity index (χ1n) is 8.24. The maximum absolute atomic E-state index is 11.8. The minimum Gasteiger partial charge on any atom is -0.354 e. The molecule has 0 unspecified atom stereocenters. The Labute approximate surface area is 144 Å². The predicted molar refractivity (Wildman–Crippen MR) is 96.2 cm³/mol. The summed E-state index contributed by atoms with van der Waals surface area (Å²) in [5.41, 5.74) is 3.33. The van der Waals surface area contributed by atoms with Crippen LogP contribution in [0.1, 0.15) is 31.4 Å². The van der Waals surface area contributed by atoms with Gasteiger partial charge in [-0.25, -0.2) is 8.42 Å². The summed E-state index contributed by atoms with van der Waals surface area (Å²) in [5, 5.41) is 2.90. The van der Waals surface area contributed by atoms with Crippen LogP contribution in [0, 0.1) is 0 Å². The van der Waals surface area contributed by atoms with Crippen molar-refractivity contribution >= 4 is 15.9 Å². The van der Waals surface area contributed by atoms with Crippen LogP contribution in [-0.2, 0) is 27.7 Å². The summed E-state index contributed by atoms with van der Waals surface area (Å²) in [5.74, 6) is 0.0319. The van der Waals surface area contributed by atoms with E-state index in [1.54, 1.807) is 0 Å². The van der Waals surface area contributed by atoms with Crippen molar-refractivity contribution in [1.82, 2.24) is 9.62 Å². The quantitative estimate of drug-likeness (QED) is 0.764. The normalized spacial score (nSPS) is 15.6. The van der Waals surface area contributed by atoms with E-state index >= 15 is 0 Å². The fraction of sp³-hybridized carbons (Fsp3) is 0.500. The summed E-state index contributed by atoms with van der Waals surface area (Å²) in [6, 6.07) is 8.19. The number of amides is 1. The van der Waals surface area contributed by atoms with Gasteiger partial charge in [0.05, 0.1) is 12.7 Å². The van der Waals surface area contributed by atoms with Gasteiger partial charge < -0.3 is 5.32 Å². The molecule has 24 heavy (non-hydrogen) atoms. The predicted octanol–water partition coefficient (Wildman–Crippen LogP) is 1.89. The summed E-state index contributed by atoms with van der Waals surface area (Å²) in [6.45, 7) is 4.87. The summed E-state index contributed by atoms with van der Waals surface area (Å²) in [7, 11) is -3.11. The molecule has 0 saturated carbocycles. The lowest BCUT2D eigenvalue weighted by molar-refractivity contribution is -0.120. The molecule has 1 aliphatic heterocycles. The van der Waals surface area contributed by atoms with Gasteiger partial charge in [0.15, 0.2) is 0 Å². The maximum atomic E-state index is 11.8. The van der Waals surface area contributed by atoms with Gasteiger partial charge in [-0.05, 0) is 37.8 Å². The second-order valence-electron chi connectivity index (χ2n) is 6.64. The molecule has 0 fully saturated rings. The zero-order chi connectivity index (χ0) is 17.7. The van der Waals surface area contributed by atoms with E-state index in [2.05, 4.69) is 11.4 Å². The number of carbonyl (C=O) groups excluding carboxylic acids is 1. The van der Waals surface area contributed by atoms with Gasteiger partial charge in [0.25, 0.3) is 0 Å². The molecular weight excluding hydrogens is 324 g/mol. The lowest BCUT2D eigenvalue weighted by atomic mass is 10.0. The second kappa shape index (κ2) is 7.94. The van der Waals surface area contributed by atoms with Gasteiger partial charge in [-0.1, -0.05) is 35.9 Å². The van der Waals surface area contributed by atoms with E-state index in [4.69, 9.17) is 0 Å². The number of sulfonamides is 1. The van der Waals surface area contributed by atoms with E-state index in [1.807, 2.05) is 38.1 Å². The average molecular weight is 350 g/mol. The summed E-state index contributed by atoms with van der Waals surface area (Å²) in [6.07, 6.45) is 5.32. The molecule has 6 heteroatoms. The molecule has 0 aliphatic carbocycles. The Bertz CT molecular complexity index is 724. The molecule has 0 aromatic heterocycles. The molecule has 1 heterocycles. The summed E-state index contributed by atoms with van der Waals surface area (Å²) >= 11 is 0. The molecule has 5 nitrogen and oxygen atoms in total. The smallest absolute Gasteiger partial charge is 0.224 e. The van der Waals surface area contributed by atoms with Crippen LogP contribution in [0.2, 0.25) is 0 Å². The van der Waals surface area contributed by atoms with Gasteiger partial charge in [-0.15, -0.1) is 0 Å². The van der Waals surface area contributed by atoms with Crippen molar-refractivity contribution < 1.29 is 13.2 Å². The number of nitrogens with zero attached hydrogens (tertiary/aromatic N) is 1. The van der Waals surface area contributed by atoms with Crippen LogP contribution in [0.3, 0.4) is 0 Å². The number of hydrogen-bond donors (Lipinski definition) is 1. The number of nitrogens with one attached hydrogen (secondary N) is 1. The molecule has 1 amide bonds. The minimum absolute atomic E-state index is 0.0319. The van der Waals surface area contributed by atoms with Gasteiger partial charge in [-0.3, -0.25) is 4.79 Å². The first-order valence-corrected chi connectivity index (χ1v) is 10.1. The van der Waals surface area contributed by atoms with E-state index in [0.717, 1.165) is 24.0 Å². The molecule has 1 N–H and O–H groups in total. The number of hydrogen-bond acceptors (Lipinski definition) is 3. The van der Waals surface area contributed by atoms with Crippen LogP contribution < -0.4 is 5.32 Å².